The molecule has 98 valence electrons. The van der Waals surface area contributed by atoms with Gasteiger partial charge in [-0.3, -0.25) is 4.84 Å². The molecule has 3 atom stereocenters. The number of hydrogen-bond acceptors (Lipinski definition) is 3. The summed E-state index contributed by atoms with van der Waals surface area (Å²) >= 11 is 0. The van der Waals surface area contributed by atoms with E-state index in [2.05, 4.69) is 50.1 Å². The van der Waals surface area contributed by atoms with E-state index < -0.39 is 0 Å². The Morgan fingerprint density at radius 3 is 2.72 bits per heavy atom. The zero-order chi connectivity index (χ0) is 12.8. The molecule has 0 saturated carbocycles. The van der Waals surface area contributed by atoms with Crippen LogP contribution in [0.5, 0.6) is 0 Å². The lowest BCUT2D eigenvalue weighted by molar-refractivity contribution is -0.253. The highest BCUT2D eigenvalue weighted by molar-refractivity contribution is 5.14. The minimum Gasteiger partial charge on any atom is -0.345 e. The summed E-state index contributed by atoms with van der Waals surface area (Å²) in [5.74, 6) is 0.472. The maximum Gasteiger partial charge on any atom is 0.179 e. The monoisotopic (exact) mass is 247 g/mol. The van der Waals surface area contributed by atoms with E-state index in [1.165, 1.54) is 5.56 Å². The van der Waals surface area contributed by atoms with Gasteiger partial charge in [-0.2, -0.15) is 5.06 Å². The molecule has 0 N–H and O–H groups in total. The minimum atomic E-state index is -0.0982. The lowest BCUT2D eigenvalue weighted by Crippen LogP contribution is -2.47. The molecule has 0 amide bonds. The zero-order valence-electron chi connectivity index (χ0n) is 11.3. The molecule has 0 spiro atoms. The average molecular weight is 247 g/mol. The number of hydroxylamine groups is 2. The predicted octanol–water partition coefficient (Wildman–Crippen LogP) is 2.96. The summed E-state index contributed by atoms with van der Waals surface area (Å²) < 4.78 is 5.98. The van der Waals surface area contributed by atoms with Gasteiger partial charge in [0.15, 0.2) is 6.29 Å². The van der Waals surface area contributed by atoms with Crippen molar-refractivity contribution in [3.8, 4) is 0 Å². The highest BCUT2D eigenvalue weighted by atomic mass is 16.8. The van der Waals surface area contributed by atoms with Gasteiger partial charge in [-0.15, -0.1) is 0 Å². The fourth-order valence-electron chi connectivity index (χ4n) is 2.94. The fourth-order valence-corrected chi connectivity index (χ4v) is 2.94. The maximum absolute atomic E-state index is 5.98. The van der Waals surface area contributed by atoms with Gasteiger partial charge < -0.3 is 4.74 Å². The summed E-state index contributed by atoms with van der Waals surface area (Å²) in [7, 11) is 0. The van der Waals surface area contributed by atoms with Gasteiger partial charge in [0.2, 0.25) is 0 Å². The molecule has 2 heterocycles. The number of nitrogens with zero attached hydrogens (tertiary/aromatic N) is 1. The van der Waals surface area contributed by atoms with E-state index in [0.717, 1.165) is 13.0 Å². The van der Waals surface area contributed by atoms with Crippen LogP contribution in [0, 0.1) is 5.92 Å². The number of benzene rings is 1. The molecule has 2 aliphatic heterocycles. The molecular weight excluding hydrogens is 226 g/mol. The zero-order valence-corrected chi connectivity index (χ0v) is 11.3. The SMILES string of the molecule is C[C@H]1[C@@H]2C[C@@H](ON2Cc2ccccc2)OC1(C)C. The van der Waals surface area contributed by atoms with Gasteiger partial charge in [-0.25, -0.2) is 0 Å². The van der Waals surface area contributed by atoms with Crippen molar-refractivity contribution in [1.29, 1.82) is 0 Å². The van der Waals surface area contributed by atoms with Gasteiger partial charge in [-0.05, 0) is 19.4 Å². The van der Waals surface area contributed by atoms with Gasteiger partial charge in [-0.1, -0.05) is 37.3 Å². The van der Waals surface area contributed by atoms with Gasteiger partial charge in [0.05, 0.1) is 5.60 Å². The molecule has 2 fully saturated rings. The summed E-state index contributed by atoms with van der Waals surface area (Å²) in [6.07, 6.45) is 0.919. The summed E-state index contributed by atoms with van der Waals surface area (Å²) in [6, 6.07) is 10.9. The standard InChI is InChI=1S/C15H21NO2/c1-11-13-9-14(17-15(11,2)3)18-16(13)10-12-7-5-4-6-8-12/h4-8,11,13-14H,9-10H2,1-3H3/t11-,13-,14+/m0/s1. The van der Waals surface area contributed by atoms with E-state index in [1.807, 2.05) is 6.07 Å². The first-order valence-electron chi connectivity index (χ1n) is 6.71. The van der Waals surface area contributed by atoms with Crippen LogP contribution in [0.15, 0.2) is 30.3 Å². The van der Waals surface area contributed by atoms with Crippen molar-refractivity contribution >= 4 is 0 Å². The Hall–Kier alpha value is -0.900. The molecule has 0 aromatic heterocycles. The van der Waals surface area contributed by atoms with Crippen LogP contribution in [0.2, 0.25) is 0 Å². The predicted molar refractivity (Wildman–Crippen MR) is 69.6 cm³/mol. The summed E-state index contributed by atoms with van der Waals surface area (Å²) in [5.41, 5.74) is 1.19. The van der Waals surface area contributed by atoms with E-state index in [0.29, 0.717) is 12.0 Å². The topological polar surface area (TPSA) is 21.7 Å². The largest absolute Gasteiger partial charge is 0.345 e. The van der Waals surface area contributed by atoms with Gasteiger partial charge >= 0.3 is 0 Å². The molecule has 0 unspecified atom stereocenters. The van der Waals surface area contributed by atoms with Crippen LogP contribution in [-0.2, 0) is 16.1 Å². The van der Waals surface area contributed by atoms with E-state index in [4.69, 9.17) is 9.57 Å². The average Bonchev–Trinajstić information content (AvgIpc) is 2.67. The van der Waals surface area contributed by atoms with Crippen molar-refractivity contribution in [2.75, 3.05) is 0 Å². The molecule has 1 aromatic rings. The molecule has 2 saturated heterocycles. The Morgan fingerprint density at radius 2 is 2.00 bits per heavy atom. The van der Waals surface area contributed by atoms with E-state index in [-0.39, 0.29) is 11.9 Å². The van der Waals surface area contributed by atoms with E-state index in [1.54, 1.807) is 0 Å². The van der Waals surface area contributed by atoms with Crippen LogP contribution < -0.4 is 0 Å². The molecule has 3 heteroatoms. The van der Waals surface area contributed by atoms with Gasteiger partial charge in [0, 0.05) is 24.9 Å². The van der Waals surface area contributed by atoms with Crippen molar-refractivity contribution in [2.24, 2.45) is 5.92 Å². The number of hydrogen-bond donors (Lipinski definition) is 0. The van der Waals surface area contributed by atoms with Crippen LogP contribution in [-0.4, -0.2) is 23.0 Å². The lowest BCUT2D eigenvalue weighted by Gasteiger charge is -2.39. The van der Waals surface area contributed by atoms with Crippen molar-refractivity contribution in [3.05, 3.63) is 35.9 Å². The summed E-state index contributed by atoms with van der Waals surface area (Å²) in [6.45, 7) is 7.41. The Morgan fingerprint density at radius 1 is 1.28 bits per heavy atom. The molecular formula is C15H21NO2. The van der Waals surface area contributed by atoms with Gasteiger partial charge in [0.25, 0.3) is 0 Å². The van der Waals surface area contributed by atoms with Crippen LogP contribution in [0.4, 0.5) is 0 Å². The van der Waals surface area contributed by atoms with E-state index >= 15 is 0 Å². The molecule has 3 rings (SSSR count). The van der Waals surface area contributed by atoms with Crippen molar-refractivity contribution < 1.29 is 9.57 Å². The molecule has 1 aromatic carbocycles. The van der Waals surface area contributed by atoms with Crippen molar-refractivity contribution in [1.82, 2.24) is 5.06 Å². The smallest absolute Gasteiger partial charge is 0.179 e. The Bertz CT molecular complexity index is 418. The second-order valence-electron chi connectivity index (χ2n) is 5.91. The number of rotatable bonds is 2. The molecule has 2 bridgehead atoms. The van der Waals surface area contributed by atoms with E-state index in [9.17, 15) is 0 Å². The Labute approximate surface area is 109 Å². The van der Waals surface area contributed by atoms with Crippen LogP contribution in [0.25, 0.3) is 0 Å². The first-order chi connectivity index (χ1) is 8.56. The van der Waals surface area contributed by atoms with Crippen molar-refractivity contribution in [3.63, 3.8) is 0 Å². The third kappa shape index (κ3) is 2.07. The highest BCUT2D eigenvalue weighted by Gasteiger charge is 2.50. The van der Waals surface area contributed by atoms with Crippen molar-refractivity contribution in [2.45, 2.75) is 51.7 Å². The normalized spacial score (nSPS) is 34.7. The third-order valence-corrected chi connectivity index (χ3v) is 4.35. The summed E-state index contributed by atoms with van der Waals surface area (Å²) in [5, 5.41) is 2.11. The molecule has 18 heavy (non-hydrogen) atoms. The van der Waals surface area contributed by atoms with Crippen LogP contribution in [0.1, 0.15) is 32.8 Å². The highest BCUT2D eigenvalue weighted by Crippen LogP contribution is 2.42. The molecule has 0 aliphatic carbocycles. The Kier molecular flexibility index (Phi) is 2.93. The molecule has 0 radical (unpaired) electrons. The Balaban J connectivity index is 1.76. The van der Waals surface area contributed by atoms with Gasteiger partial charge in [0.1, 0.15) is 0 Å². The first-order valence-corrected chi connectivity index (χ1v) is 6.71. The number of ether oxygens (including phenoxy) is 1. The lowest BCUT2D eigenvalue weighted by atomic mass is 9.82. The second-order valence-corrected chi connectivity index (χ2v) is 5.91. The second kappa shape index (κ2) is 4.34. The fraction of sp³-hybridized carbons (Fsp3) is 0.600. The number of fused-ring (bicyclic) bond motifs is 2. The van der Waals surface area contributed by atoms with Crippen LogP contribution >= 0.6 is 0 Å². The molecule has 3 nitrogen and oxygen atoms in total. The minimum absolute atomic E-state index is 0.0649. The summed E-state index contributed by atoms with van der Waals surface area (Å²) in [4.78, 5) is 5.91. The van der Waals surface area contributed by atoms with Crippen LogP contribution in [0.3, 0.4) is 0 Å². The molecule has 2 aliphatic rings. The first kappa shape index (κ1) is 12.2. The third-order valence-electron chi connectivity index (χ3n) is 4.35. The quantitative estimate of drug-likeness (QED) is 0.802. The maximum atomic E-state index is 5.98.